The molecule has 0 spiro atoms. The number of benzene rings is 2. The molecule has 0 bridgehead atoms. The molecule has 0 aromatic heterocycles. The molecule has 0 amide bonds. The molecule has 4 heteroatoms. The first kappa shape index (κ1) is 15.0. The van der Waals surface area contributed by atoms with Crippen LogP contribution in [0.2, 0.25) is 0 Å². The van der Waals surface area contributed by atoms with Gasteiger partial charge in [-0.2, -0.15) is 0 Å². The minimum absolute atomic E-state index is 0.245. The minimum Gasteiger partial charge on any atom is -0.494 e. The van der Waals surface area contributed by atoms with E-state index in [-0.39, 0.29) is 11.9 Å². The lowest BCUT2D eigenvalue weighted by molar-refractivity contribution is 0.334. The Kier molecular flexibility index (Phi) is 5.15. The van der Waals surface area contributed by atoms with Gasteiger partial charge in [-0.05, 0) is 32.2 Å². The molecule has 1 atom stereocenters. The smallest absolute Gasteiger partial charge is 0.129 e. The Balaban J connectivity index is 2.47. The van der Waals surface area contributed by atoms with Gasteiger partial charge in [0.25, 0.3) is 0 Å². The third-order valence-corrected chi connectivity index (χ3v) is 3.59. The first-order valence-corrected chi connectivity index (χ1v) is 7.30. The molecule has 0 saturated carbocycles. The molecule has 1 unspecified atom stereocenters. The van der Waals surface area contributed by atoms with E-state index in [1.165, 1.54) is 6.07 Å². The summed E-state index contributed by atoms with van der Waals surface area (Å²) in [7, 11) is 1.81. The summed E-state index contributed by atoms with van der Waals surface area (Å²) in [6.45, 7) is 2.52. The predicted molar refractivity (Wildman–Crippen MR) is 82.6 cm³/mol. The lowest BCUT2D eigenvalue weighted by Gasteiger charge is -2.21. The Labute approximate surface area is 127 Å². The molecule has 2 aromatic carbocycles. The van der Waals surface area contributed by atoms with Crippen molar-refractivity contribution >= 4 is 15.9 Å². The highest BCUT2D eigenvalue weighted by Crippen LogP contribution is 2.32. The lowest BCUT2D eigenvalue weighted by atomic mass is 9.97. The molecule has 20 heavy (non-hydrogen) atoms. The zero-order valence-corrected chi connectivity index (χ0v) is 13.1. The molecule has 0 saturated heterocycles. The zero-order valence-electron chi connectivity index (χ0n) is 11.5. The van der Waals surface area contributed by atoms with Crippen molar-refractivity contribution in [3.63, 3.8) is 0 Å². The first-order valence-electron chi connectivity index (χ1n) is 6.51. The second-order valence-electron chi connectivity index (χ2n) is 4.36. The zero-order chi connectivity index (χ0) is 14.5. The highest BCUT2D eigenvalue weighted by Gasteiger charge is 2.19. The van der Waals surface area contributed by atoms with E-state index in [2.05, 4.69) is 21.2 Å². The van der Waals surface area contributed by atoms with Gasteiger partial charge in [0.2, 0.25) is 0 Å². The Morgan fingerprint density at radius 2 is 1.95 bits per heavy atom. The molecule has 0 heterocycles. The number of hydrogen-bond acceptors (Lipinski definition) is 2. The molecule has 106 valence electrons. The maximum absolute atomic E-state index is 14.2. The first-order chi connectivity index (χ1) is 9.67. The van der Waals surface area contributed by atoms with Crippen LogP contribution in [0.25, 0.3) is 0 Å². The second-order valence-corrected chi connectivity index (χ2v) is 5.27. The molecule has 0 aliphatic rings. The Hall–Kier alpha value is -1.39. The minimum atomic E-state index is -0.245. The van der Waals surface area contributed by atoms with Crippen molar-refractivity contribution < 1.29 is 9.13 Å². The van der Waals surface area contributed by atoms with Crippen LogP contribution in [-0.4, -0.2) is 13.7 Å². The number of nitrogens with one attached hydrogen (secondary N) is 1. The van der Waals surface area contributed by atoms with E-state index in [0.717, 1.165) is 15.8 Å². The van der Waals surface area contributed by atoms with E-state index < -0.39 is 0 Å². The number of halogens is 2. The number of para-hydroxylation sites is 1. The standard InChI is InChI=1S/C16H17BrFNO/c1-3-20-15-7-5-4-6-13(15)16(19-2)12-9-8-11(17)10-14(12)18/h4-10,16,19H,3H2,1-2H3. The fourth-order valence-corrected chi connectivity index (χ4v) is 2.55. The van der Waals surface area contributed by atoms with Gasteiger partial charge in [-0.15, -0.1) is 0 Å². The van der Waals surface area contributed by atoms with E-state index in [9.17, 15) is 4.39 Å². The van der Waals surface area contributed by atoms with Crippen molar-refractivity contribution in [1.82, 2.24) is 5.32 Å². The summed E-state index contributed by atoms with van der Waals surface area (Å²) in [5.74, 6) is 0.529. The molecule has 2 nitrogen and oxygen atoms in total. The van der Waals surface area contributed by atoms with Crippen LogP contribution in [0.1, 0.15) is 24.1 Å². The summed E-state index contributed by atoms with van der Waals surface area (Å²) in [6.07, 6.45) is 0. The van der Waals surface area contributed by atoms with Crippen LogP contribution in [0.5, 0.6) is 5.75 Å². The van der Waals surface area contributed by atoms with Gasteiger partial charge in [-0.1, -0.05) is 40.2 Å². The van der Waals surface area contributed by atoms with Gasteiger partial charge in [-0.3, -0.25) is 0 Å². The van der Waals surface area contributed by atoms with Crippen molar-refractivity contribution in [2.75, 3.05) is 13.7 Å². The monoisotopic (exact) mass is 337 g/mol. The van der Waals surface area contributed by atoms with Crippen molar-refractivity contribution in [3.8, 4) is 5.75 Å². The molecule has 1 N–H and O–H groups in total. The van der Waals surface area contributed by atoms with E-state index in [1.807, 2.05) is 44.3 Å². The molecular formula is C16H17BrFNO. The second kappa shape index (κ2) is 6.86. The van der Waals surface area contributed by atoms with Gasteiger partial charge < -0.3 is 10.1 Å². The quantitative estimate of drug-likeness (QED) is 0.878. The van der Waals surface area contributed by atoms with Gasteiger partial charge in [0, 0.05) is 15.6 Å². The summed E-state index contributed by atoms with van der Waals surface area (Å²) < 4.78 is 20.5. The number of ether oxygens (including phenoxy) is 1. The summed E-state index contributed by atoms with van der Waals surface area (Å²) >= 11 is 3.28. The maximum atomic E-state index is 14.2. The van der Waals surface area contributed by atoms with E-state index in [1.54, 1.807) is 6.07 Å². The molecule has 0 aliphatic carbocycles. The van der Waals surface area contributed by atoms with Crippen LogP contribution in [0.4, 0.5) is 4.39 Å². The molecule has 0 radical (unpaired) electrons. The topological polar surface area (TPSA) is 21.3 Å². The lowest BCUT2D eigenvalue weighted by Crippen LogP contribution is -2.20. The van der Waals surface area contributed by atoms with Crippen LogP contribution < -0.4 is 10.1 Å². The van der Waals surface area contributed by atoms with Gasteiger partial charge in [0.1, 0.15) is 11.6 Å². The van der Waals surface area contributed by atoms with Crippen LogP contribution in [0.15, 0.2) is 46.9 Å². The van der Waals surface area contributed by atoms with E-state index in [4.69, 9.17) is 4.74 Å². The summed E-state index contributed by atoms with van der Waals surface area (Å²) in [5.41, 5.74) is 1.53. The predicted octanol–water partition coefficient (Wildman–Crippen LogP) is 4.30. The average molecular weight is 338 g/mol. The fraction of sp³-hybridized carbons (Fsp3) is 0.250. The van der Waals surface area contributed by atoms with Gasteiger partial charge >= 0.3 is 0 Å². The summed E-state index contributed by atoms with van der Waals surface area (Å²) in [4.78, 5) is 0. The van der Waals surface area contributed by atoms with Crippen molar-refractivity contribution in [1.29, 1.82) is 0 Å². The Morgan fingerprint density at radius 1 is 1.20 bits per heavy atom. The number of hydrogen-bond donors (Lipinski definition) is 1. The van der Waals surface area contributed by atoms with Crippen LogP contribution in [0, 0.1) is 5.82 Å². The highest BCUT2D eigenvalue weighted by atomic mass is 79.9. The fourth-order valence-electron chi connectivity index (χ4n) is 2.22. The van der Waals surface area contributed by atoms with Crippen LogP contribution >= 0.6 is 15.9 Å². The average Bonchev–Trinajstić information content (AvgIpc) is 2.44. The summed E-state index contributed by atoms with van der Waals surface area (Å²) in [6, 6.07) is 12.6. The molecular weight excluding hydrogens is 321 g/mol. The SMILES string of the molecule is CCOc1ccccc1C(NC)c1ccc(Br)cc1F. The van der Waals surface area contributed by atoms with Crippen LogP contribution in [-0.2, 0) is 0 Å². The third kappa shape index (κ3) is 3.19. The largest absolute Gasteiger partial charge is 0.494 e. The molecule has 0 aliphatic heterocycles. The highest BCUT2D eigenvalue weighted by molar-refractivity contribution is 9.10. The van der Waals surface area contributed by atoms with Gasteiger partial charge in [0.05, 0.1) is 12.6 Å². The third-order valence-electron chi connectivity index (χ3n) is 3.09. The Morgan fingerprint density at radius 3 is 2.60 bits per heavy atom. The normalized spacial score (nSPS) is 12.2. The molecule has 2 aromatic rings. The van der Waals surface area contributed by atoms with Crippen molar-refractivity contribution in [3.05, 3.63) is 63.9 Å². The van der Waals surface area contributed by atoms with E-state index in [0.29, 0.717) is 12.2 Å². The van der Waals surface area contributed by atoms with Gasteiger partial charge in [0.15, 0.2) is 0 Å². The van der Waals surface area contributed by atoms with Crippen molar-refractivity contribution in [2.24, 2.45) is 0 Å². The number of rotatable bonds is 5. The molecule has 0 fully saturated rings. The molecule has 2 rings (SSSR count). The van der Waals surface area contributed by atoms with Crippen molar-refractivity contribution in [2.45, 2.75) is 13.0 Å². The summed E-state index contributed by atoms with van der Waals surface area (Å²) in [5, 5.41) is 3.16. The van der Waals surface area contributed by atoms with Crippen LogP contribution in [0.3, 0.4) is 0 Å². The van der Waals surface area contributed by atoms with E-state index >= 15 is 0 Å². The maximum Gasteiger partial charge on any atom is 0.129 e. The van der Waals surface area contributed by atoms with Gasteiger partial charge in [-0.25, -0.2) is 4.39 Å². The Bertz CT molecular complexity index is 588.